The highest BCUT2D eigenvalue weighted by Gasteiger charge is 2.41. The SMILES string of the molecule is O=C(O)C(F)(F)c1cccc(SC(F)(F)F)c1. The average Bonchev–Trinajstić information content (AvgIpc) is 2.15. The number of alkyl halides is 5. The van der Waals surface area contributed by atoms with Crippen LogP contribution in [0, 0.1) is 0 Å². The van der Waals surface area contributed by atoms with Crippen molar-refractivity contribution >= 4 is 17.7 Å². The Morgan fingerprint density at radius 3 is 2.24 bits per heavy atom. The van der Waals surface area contributed by atoms with E-state index < -0.39 is 39.6 Å². The third-order valence-corrected chi connectivity index (χ3v) is 2.42. The van der Waals surface area contributed by atoms with Crippen molar-refractivity contribution < 1.29 is 31.9 Å². The smallest absolute Gasteiger partial charge is 0.446 e. The first-order valence-corrected chi connectivity index (χ1v) is 4.92. The van der Waals surface area contributed by atoms with Crippen LogP contribution < -0.4 is 0 Å². The van der Waals surface area contributed by atoms with Gasteiger partial charge in [0, 0.05) is 10.5 Å². The van der Waals surface area contributed by atoms with E-state index in [0.717, 1.165) is 18.2 Å². The van der Waals surface area contributed by atoms with Crippen molar-refractivity contribution in [2.45, 2.75) is 16.3 Å². The molecule has 0 spiro atoms. The van der Waals surface area contributed by atoms with E-state index in [0.29, 0.717) is 6.07 Å². The van der Waals surface area contributed by atoms with E-state index in [4.69, 9.17) is 5.11 Å². The summed E-state index contributed by atoms with van der Waals surface area (Å²) in [6.45, 7) is 0. The highest BCUT2D eigenvalue weighted by molar-refractivity contribution is 8.00. The van der Waals surface area contributed by atoms with Gasteiger partial charge in [0.2, 0.25) is 0 Å². The second-order valence-electron chi connectivity index (χ2n) is 2.96. The molecule has 1 N–H and O–H groups in total. The number of rotatable bonds is 3. The van der Waals surface area contributed by atoms with Gasteiger partial charge in [-0.2, -0.15) is 22.0 Å². The molecule has 0 aliphatic rings. The second-order valence-corrected chi connectivity index (χ2v) is 4.09. The number of hydrogen-bond donors (Lipinski definition) is 1. The summed E-state index contributed by atoms with van der Waals surface area (Å²) in [5.74, 6) is -6.62. The Balaban J connectivity index is 3.06. The summed E-state index contributed by atoms with van der Waals surface area (Å²) >= 11 is -0.584. The normalized spacial score (nSPS) is 12.5. The predicted molar refractivity (Wildman–Crippen MR) is 49.9 cm³/mol. The molecule has 0 saturated carbocycles. The number of carboxylic acids is 1. The summed E-state index contributed by atoms with van der Waals surface area (Å²) in [7, 11) is 0. The van der Waals surface area contributed by atoms with Gasteiger partial charge in [0.05, 0.1) is 0 Å². The summed E-state index contributed by atoms with van der Waals surface area (Å²) in [5, 5.41) is 8.24. The molecule has 0 aliphatic heterocycles. The zero-order valence-corrected chi connectivity index (χ0v) is 8.78. The van der Waals surface area contributed by atoms with Gasteiger partial charge in [-0.1, -0.05) is 12.1 Å². The lowest BCUT2D eigenvalue weighted by atomic mass is 10.1. The Labute approximate surface area is 96.4 Å². The van der Waals surface area contributed by atoms with Gasteiger partial charge in [0.1, 0.15) is 0 Å². The maximum Gasteiger partial charge on any atom is 0.446 e. The molecule has 8 heteroatoms. The van der Waals surface area contributed by atoms with Crippen molar-refractivity contribution in [1.29, 1.82) is 0 Å². The molecule has 17 heavy (non-hydrogen) atoms. The molecular formula is C9H5F5O2S. The third-order valence-electron chi connectivity index (χ3n) is 1.70. The van der Waals surface area contributed by atoms with Gasteiger partial charge in [0.25, 0.3) is 0 Å². The Bertz CT molecular complexity index is 430. The van der Waals surface area contributed by atoms with E-state index in [1.165, 1.54) is 0 Å². The largest absolute Gasteiger partial charge is 0.477 e. The fourth-order valence-corrected chi connectivity index (χ4v) is 1.61. The molecule has 0 bridgehead atoms. The van der Waals surface area contributed by atoms with Gasteiger partial charge in [-0.25, -0.2) is 4.79 Å². The molecule has 0 heterocycles. The first-order valence-electron chi connectivity index (χ1n) is 4.10. The Kier molecular flexibility index (Phi) is 3.65. The fourth-order valence-electron chi connectivity index (χ4n) is 1.01. The molecule has 1 rings (SSSR count). The van der Waals surface area contributed by atoms with Crippen LogP contribution in [0.3, 0.4) is 0 Å². The topological polar surface area (TPSA) is 37.3 Å². The zero-order valence-electron chi connectivity index (χ0n) is 7.96. The van der Waals surface area contributed by atoms with Crippen LogP contribution in [-0.4, -0.2) is 16.6 Å². The number of halogens is 5. The molecule has 0 radical (unpaired) electrons. The van der Waals surface area contributed by atoms with Gasteiger partial charge >= 0.3 is 17.4 Å². The number of aliphatic carboxylic acids is 1. The van der Waals surface area contributed by atoms with Crippen LogP contribution in [0.5, 0.6) is 0 Å². The minimum atomic E-state index is -4.61. The number of hydrogen-bond acceptors (Lipinski definition) is 2. The van der Waals surface area contributed by atoms with Crippen LogP contribution in [0.25, 0.3) is 0 Å². The zero-order chi connectivity index (χ0) is 13.3. The molecule has 0 saturated heterocycles. The van der Waals surface area contributed by atoms with E-state index in [9.17, 15) is 26.7 Å². The monoisotopic (exact) mass is 272 g/mol. The standard InChI is InChI=1S/C9H5F5O2S/c10-8(11,7(15)16)5-2-1-3-6(4-5)17-9(12,13)14/h1-4H,(H,15,16). The Morgan fingerprint density at radius 1 is 1.18 bits per heavy atom. The van der Waals surface area contributed by atoms with E-state index in [2.05, 4.69) is 0 Å². The fraction of sp³-hybridized carbons (Fsp3) is 0.222. The maximum atomic E-state index is 13.0. The lowest BCUT2D eigenvalue weighted by molar-refractivity contribution is -0.166. The number of benzene rings is 1. The van der Waals surface area contributed by atoms with Gasteiger partial charge in [-0.3, -0.25) is 0 Å². The number of thioether (sulfide) groups is 1. The summed E-state index contributed by atoms with van der Waals surface area (Å²) in [6.07, 6.45) is 0. The third kappa shape index (κ3) is 3.58. The van der Waals surface area contributed by atoms with Crippen LogP contribution in [0.4, 0.5) is 22.0 Å². The molecule has 94 valence electrons. The van der Waals surface area contributed by atoms with Crippen molar-refractivity contribution in [2.75, 3.05) is 0 Å². The minimum absolute atomic E-state index is 0.490. The molecule has 1 aromatic carbocycles. The summed E-state index contributed by atoms with van der Waals surface area (Å²) < 4.78 is 62.0. The van der Waals surface area contributed by atoms with Crippen LogP contribution in [0.2, 0.25) is 0 Å². The summed E-state index contributed by atoms with van der Waals surface area (Å²) in [4.78, 5) is 9.75. The average molecular weight is 272 g/mol. The van der Waals surface area contributed by atoms with E-state index in [1.54, 1.807) is 0 Å². The van der Waals surface area contributed by atoms with Crippen molar-refractivity contribution in [3.05, 3.63) is 29.8 Å². The summed E-state index contributed by atoms with van der Waals surface area (Å²) in [5.41, 5.74) is -5.60. The van der Waals surface area contributed by atoms with Gasteiger partial charge in [-0.15, -0.1) is 0 Å². The highest BCUT2D eigenvalue weighted by atomic mass is 32.2. The second kappa shape index (κ2) is 4.52. The number of carboxylic acid groups (broad SMARTS) is 1. The molecule has 0 amide bonds. The van der Waals surface area contributed by atoms with Crippen LogP contribution in [0.1, 0.15) is 5.56 Å². The molecule has 0 aliphatic carbocycles. The van der Waals surface area contributed by atoms with E-state index in [1.807, 2.05) is 0 Å². The van der Waals surface area contributed by atoms with Crippen molar-refractivity contribution in [3.8, 4) is 0 Å². The first-order chi connectivity index (χ1) is 7.63. The Morgan fingerprint density at radius 2 is 1.76 bits per heavy atom. The first kappa shape index (κ1) is 13.8. The van der Waals surface area contributed by atoms with E-state index >= 15 is 0 Å². The van der Waals surface area contributed by atoms with Crippen molar-refractivity contribution in [3.63, 3.8) is 0 Å². The van der Waals surface area contributed by atoms with Crippen LogP contribution in [-0.2, 0) is 10.7 Å². The lowest BCUT2D eigenvalue weighted by Gasteiger charge is -2.13. The molecule has 0 unspecified atom stereocenters. The van der Waals surface area contributed by atoms with E-state index in [-0.39, 0.29) is 0 Å². The van der Waals surface area contributed by atoms with Crippen LogP contribution >= 0.6 is 11.8 Å². The number of carbonyl (C=O) groups is 1. The van der Waals surface area contributed by atoms with Crippen LogP contribution in [0.15, 0.2) is 29.2 Å². The quantitative estimate of drug-likeness (QED) is 0.676. The maximum absolute atomic E-state index is 13.0. The van der Waals surface area contributed by atoms with Gasteiger partial charge in [0.15, 0.2) is 0 Å². The van der Waals surface area contributed by atoms with Gasteiger partial charge < -0.3 is 5.11 Å². The molecule has 0 aromatic heterocycles. The molecule has 0 atom stereocenters. The molecular weight excluding hydrogens is 267 g/mol. The Hall–Kier alpha value is -1.31. The van der Waals surface area contributed by atoms with Crippen molar-refractivity contribution in [1.82, 2.24) is 0 Å². The predicted octanol–water partition coefficient (Wildman–Crippen LogP) is 3.47. The molecule has 1 aromatic rings. The molecule has 0 fully saturated rings. The molecule has 2 nitrogen and oxygen atoms in total. The lowest BCUT2D eigenvalue weighted by Crippen LogP contribution is -2.25. The van der Waals surface area contributed by atoms with Gasteiger partial charge in [-0.05, 0) is 23.9 Å². The minimum Gasteiger partial charge on any atom is -0.477 e. The summed E-state index contributed by atoms with van der Waals surface area (Å²) in [6, 6.07) is 3.18. The highest BCUT2D eigenvalue weighted by Crippen LogP contribution is 2.38. The van der Waals surface area contributed by atoms with Crippen molar-refractivity contribution in [2.24, 2.45) is 0 Å².